The molecule has 0 aliphatic rings. The van der Waals surface area contributed by atoms with Crippen LogP contribution in [-0.4, -0.2) is 25.3 Å². The first-order chi connectivity index (χ1) is 9.70. The Morgan fingerprint density at radius 2 is 1.95 bits per heavy atom. The van der Waals surface area contributed by atoms with E-state index in [4.69, 9.17) is 20.3 Å². The van der Waals surface area contributed by atoms with Crippen molar-refractivity contribution >= 4 is 5.97 Å². The second-order valence-electron chi connectivity index (χ2n) is 4.33. The molecule has 118 valence electrons. The maximum Gasteiger partial charge on any atom is 0.420 e. The number of aliphatic carboxylic acids is 1. The second kappa shape index (κ2) is 6.66. The van der Waals surface area contributed by atoms with Crippen molar-refractivity contribution in [2.75, 3.05) is 14.2 Å². The molecule has 0 fully saturated rings. The zero-order chi connectivity index (χ0) is 16.2. The summed E-state index contributed by atoms with van der Waals surface area (Å²) in [5, 5.41) is 8.63. The molecule has 5 nitrogen and oxygen atoms in total. The van der Waals surface area contributed by atoms with Gasteiger partial charge >= 0.3 is 12.1 Å². The van der Waals surface area contributed by atoms with Crippen LogP contribution in [0.2, 0.25) is 0 Å². The molecule has 0 aromatic heterocycles. The summed E-state index contributed by atoms with van der Waals surface area (Å²) in [7, 11) is 2.33. The topological polar surface area (TPSA) is 81.8 Å². The SMILES string of the molecule is COc1cc(C(N)CCC(=O)O)c(OC)c(C(F)(F)F)c1. The number of carboxylic acid groups (broad SMARTS) is 1. The second-order valence-corrected chi connectivity index (χ2v) is 4.33. The lowest BCUT2D eigenvalue weighted by atomic mass is 9.98. The molecular formula is C13H16F3NO4. The number of hydrogen-bond donors (Lipinski definition) is 2. The first kappa shape index (κ1) is 17.1. The largest absolute Gasteiger partial charge is 0.497 e. The quantitative estimate of drug-likeness (QED) is 0.844. The number of hydrogen-bond acceptors (Lipinski definition) is 4. The summed E-state index contributed by atoms with van der Waals surface area (Å²) >= 11 is 0. The van der Waals surface area contributed by atoms with Crippen LogP contribution in [0.5, 0.6) is 11.5 Å². The van der Waals surface area contributed by atoms with E-state index < -0.39 is 29.5 Å². The Kier molecular flexibility index (Phi) is 5.42. The van der Waals surface area contributed by atoms with Crippen LogP contribution < -0.4 is 15.2 Å². The van der Waals surface area contributed by atoms with Crippen LogP contribution in [-0.2, 0) is 11.0 Å². The van der Waals surface area contributed by atoms with Gasteiger partial charge in [-0.05, 0) is 18.6 Å². The average molecular weight is 307 g/mol. The summed E-state index contributed by atoms with van der Waals surface area (Å²) in [6.45, 7) is 0. The zero-order valence-electron chi connectivity index (χ0n) is 11.5. The number of carbonyl (C=O) groups is 1. The molecule has 0 bridgehead atoms. The van der Waals surface area contributed by atoms with E-state index in [9.17, 15) is 18.0 Å². The number of methoxy groups -OCH3 is 2. The molecule has 1 unspecified atom stereocenters. The van der Waals surface area contributed by atoms with Gasteiger partial charge < -0.3 is 20.3 Å². The Morgan fingerprint density at radius 3 is 2.38 bits per heavy atom. The van der Waals surface area contributed by atoms with E-state index in [1.54, 1.807) is 0 Å². The summed E-state index contributed by atoms with van der Waals surface area (Å²) in [6.07, 6.45) is -4.92. The van der Waals surface area contributed by atoms with Gasteiger partial charge in [0, 0.05) is 18.0 Å². The van der Waals surface area contributed by atoms with E-state index in [1.165, 1.54) is 13.2 Å². The fourth-order valence-corrected chi connectivity index (χ4v) is 1.89. The molecule has 0 heterocycles. The fraction of sp³-hybridized carbons (Fsp3) is 0.462. The van der Waals surface area contributed by atoms with Gasteiger partial charge in [0.2, 0.25) is 0 Å². The number of alkyl halides is 3. The Bertz CT molecular complexity index is 517. The first-order valence-corrected chi connectivity index (χ1v) is 6.01. The van der Waals surface area contributed by atoms with Gasteiger partial charge in [-0.3, -0.25) is 4.79 Å². The molecule has 3 N–H and O–H groups in total. The summed E-state index contributed by atoms with van der Waals surface area (Å²) in [6, 6.07) is 1.22. The number of rotatable bonds is 6. The van der Waals surface area contributed by atoms with Crippen molar-refractivity contribution in [3.05, 3.63) is 23.3 Å². The van der Waals surface area contributed by atoms with Crippen molar-refractivity contribution in [3.63, 3.8) is 0 Å². The van der Waals surface area contributed by atoms with E-state index in [2.05, 4.69) is 0 Å². The highest BCUT2D eigenvalue weighted by Crippen LogP contribution is 2.42. The lowest BCUT2D eigenvalue weighted by molar-refractivity contribution is -0.139. The highest BCUT2D eigenvalue weighted by Gasteiger charge is 2.37. The highest BCUT2D eigenvalue weighted by molar-refractivity contribution is 5.66. The number of ether oxygens (including phenoxy) is 2. The Labute approximate surface area is 119 Å². The molecule has 0 spiro atoms. The van der Waals surface area contributed by atoms with Gasteiger partial charge in [-0.1, -0.05) is 0 Å². The van der Waals surface area contributed by atoms with Crippen molar-refractivity contribution in [1.82, 2.24) is 0 Å². The molecule has 0 saturated heterocycles. The zero-order valence-corrected chi connectivity index (χ0v) is 11.5. The number of halogens is 3. The molecule has 1 aromatic rings. The Balaban J connectivity index is 3.31. The Hall–Kier alpha value is -1.96. The third-order valence-electron chi connectivity index (χ3n) is 2.91. The summed E-state index contributed by atoms with van der Waals surface area (Å²) in [4.78, 5) is 10.5. The third-order valence-corrected chi connectivity index (χ3v) is 2.91. The predicted molar refractivity (Wildman–Crippen MR) is 68.3 cm³/mol. The van der Waals surface area contributed by atoms with Gasteiger partial charge in [0.1, 0.15) is 17.1 Å². The van der Waals surface area contributed by atoms with Crippen molar-refractivity contribution in [3.8, 4) is 11.5 Å². The van der Waals surface area contributed by atoms with Crippen LogP contribution in [0.1, 0.15) is 30.0 Å². The summed E-state index contributed by atoms with van der Waals surface area (Å²) in [5.74, 6) is -1.52. The molecule has 0 aliphatic heterocycles. The summed E-state index contributed by atoms with van der Waals surface area (Å²) in [5.41, 5.74) is 4.84. The lowest BCUT2D eigenvalue weighted by Crippen LogP contribution is -2.17. The maximum absolute atomic E-state index is 13.0. The van der Waals surface area contributed by atoms with E-state index in [0.29, 0.717) is 0 Å². The van der Waals surface area contributed by atoms with Crippen LogP contribution in [0.4, 0.5) is 13.2 Å². The monoisotopic (exact) mass is 307 g/mol. The minimum Gasteiger partial charge on any atom is -0.497 e. The van der Waals surface area contributed by atoms with Crippen LogP contribution in [0.25, 0.3) is 0 Å². The number of nitrogens with two attached hydrogens (primary N) is 1. The lowest BCUT2D eigenvalue weighted by Gasteiger charge is -2.20. The third kappa shape index (κ3) is 4.25. The van der Waals surface area contributed by atoms with E-state index in [0.717, 1.165) is 13.2 Å². The van der Waals surface area contributed by atoms with Crippen molar-refractivity contribution < 1.29 is 32.5 Å². The average Bonchev–Trinajstić information content (AvgIpc) is 2.42. The molecule has 1 rings (SSSR count). The normalized spacial score (nSPS) is 12.9. The highest BCUT2D eigenvalue weighted by atomic mass is 19.4. The molecule has 0 aliphatic carbocycles. The first-order valence-electron chi connectivity index (χ1n) is 6.01. The summed E-state index contributed by atoms with van der Waals surface area (Å²) < 4.78 is 48.8. The number of benzene rings is 1. The van der Waals surface area contributed by atoms with E-state index >= 15 is 0 Å². The molecule has 0 amide bonds. The predicted octanol–water partition coefficient (Wildman–Crippen LogP) is 2.59. The smallest absolute Gasteiger partial charge is 0.420 e. The molecule has 21 heavy (non-hydrogen) atoms. The van der Waals surface area contributed by atoms with Crippen LogP contribution >= 0.6 is 0 Å². The maximum atomic E-state index is 13.0. The van der Waals surface area contributed by atoms with Gasteiger partial charge in [0.05, 0.1) is 14.2 Å². The number of carboxylic acids is 1. The van der Waals surface area contributed by atoms with Crippen molar-refractivity contribution in [1.29, 1.82) is 0 Å². The van der Waals surface area contributed by atoms with Crippen LogP contribution in [0.3, 0.4) is 0 Å². The molecule has 0 radical (unpaired) electrons. The van der Waals surface area contributed by atoms with Gasteiger partial charge in [-0.2, -0.15) is 13.2 Å². The van der Waals surface area contributed by atoms with Gasteiger partial charge in [0.25, 0.3) is 0 Å². The molecule has 8 heteroatoms. The van der Waals surface area contributed by atoms with Crippen molar-refractivity contribution in [2.24, 2.45) is 5.73 Å². The molecule has 0 saturated carbocycles. The minimum atomic E-state index is -4.64. The Morgan fingerprint density at radius 1 is 1.33 bits per heavy atom. The van der Waals surface area contributed by atoms with Gasteiger partial charge in [-0.15, -0.1) is 0 Å². The molecule has 1 atom stereocenters. The standard InChI is InChI=1S/C13H16F3NO4/c1-20-7-5-8(10(17)3-4-11(18)19)12(21-2)9(6-7)13(14,15)16/h5-6,10H,3-4,17H2,1-2H3,(H,18,19). The van der Waals surface area contributed by atoms with Gasteiger partial charge in [-0.25, -0.2) is 0 Å². The molecule has 1 aromatic carbocycles. The van der Waals surface area contributed by atoms with E-state index in [1.807, 2.05) is 0 Å². The van der Waals surface area contributed by atoms with E-state index in [-0.39, 0.29) is 24.2 Å². The van der Waals surface area contributed by atoms with Gasteiger partial charge in [0.15, 0.2) is 0 Å². The minimum absolute atomic E-state index is 0.0177. The van der Waals surface area contributed by atoms with Crippen molar-refractivity contribution in [2.45, 2.75) is 25.1 Å². The molecular weight excluding hydrogens is 291 g/mol. The van der Waals surface area contributed by atoms with Crippen LogP contribution in [0, 0.1) is 0 Å². The van der Waals surface area contributed by atoms with Crippen LogP contribution in [0.15, 0.2) is 12.1 Å². The fourth-order valence-electron chi connectivity index (χ4n) is 1.89.